The minimum atomic E-state index is -0.151. The van der Waals surface area contributed by atoms with E-state index >= 15 is 0 Å². The number of halogens is 1. The highest BCUT2D eigenvalue weighted by Crippen LogP contribution is 2.20. The maximum atomic E-state index is 13.1. The van der Waals surface area contributed by atoms with E-state index in [1.54, 1.807) is 12.1 Å². The van der Waals surface area contributed by atoms with Gasteiger partial charge in [0.1, 0.15) is 5.82 Å². The highest BCUT2D eigenvalue weighted by atomic mass is 19.1. The lowest BCUT2D eigenvalue weighted by Gasteiger charge is -2.41. The molecular formula is C18H29FN2. The summed E-state index contributed by atoms with van der Waals surface area (Å²) in [5.41, 5.74) is 1.21. The van der Waals surface area contributed by atoms with Crippen molar-refractivity contribution in [3.05, 3.63) is 35.6 Å². The lowest BCUT2D eigenvalue weighted by atomic mass is 9.97. The van der Waals surface area contributed by atoms with Crippen LogP contribution in [-0.2, 0) is 6.54 Å². The molecular weight excluding hydrogens is 263 g/mol. The second kappa shape index (κ2) is 7.90. The van der Waals surface area contributed by atoms with Crippen LogP contribution in [0.4, 0.5) is 4.39 Å². The van der Waals surface area contributed by atoms with Crippen LogP contribution in [0.5, 0.6) is 0 Å². The smallest absolute Gasteiger partial charge is 0.123 e. The van der Waals surface area contributed by atoms with Crippen molar-refractivity contribution in [2.45, 2.75) is 58.7 Å². The van der Waals surface area contributed by atoms with E-state index in [1.807, 2.05) is 12.1 Å². The van der Waals surface area contributed by atoms with Gasteiger partial charge in [-0.1, -0.05) is 39.3 Å². The predicted octanol–water partition coefficient (Wildman–Crippen LogP) is 3.81. The molecule has 2 rings (SSSR count). The topological polar surface area (TPSA) is 15.3 Å². The van der Waals surface area contributed by atoms with E-state index in [-0.39, 0.29) is 5.82 Å². The summed E-state index contributed by atoms with van der Waals surface area (Å²) in [5.74, 6) is 0.553. The van der Waals surface area contributed by atoms with Crippen LogP contribution in [0.3, 0.4) is 0 Å². The molecule has 1 aliphatic heterocycles. The van der Waals surface area contributed by atoms with Crippen LogP contribution in [0.1, 0.15) is 45.6 Å². The zero-order valence-corrected chi connectivity index (χ0v) is 13.6. The first-order chi connectivity index (χ1) is 10.1. The number of nitrogens with zero attached hydrogens (tertiary/aromatic N) is 1. The van der Waals surface area contributed by atoms with Crippen molar-refractivity contribution in [1.29, 1.82) is 0 Å². The van der Waals surface area contributed by atoms with Crippen molar-refractivity contribution >= 4 is 0 Å². The zero-order chi connectivity index (χ0) is 15.2. The fourth-order valence-corrected chi connectivity index (χ4v) is 3.26. The van der Waals surface area contributed by atoms with E-state index in [2.05, 4.69) is 31.0 Å². The van der Waals surface area contributed by atoms with E-state index in [9.17, 15) is 4.39 Å². The van der Waals surface area contributed by atoms with Crippen LogP contribution >= 0.6 is 0 Å². The van der Waals surface area contributed by atoms with Crippen molar-refractivity contribution in [1.82, 2.24) is 10.2 Å². The van der Waals surface area contributed by atoms with E-state index in [0.717, 1.165) is 19.6 Å². The van der Waals surface area contributed by atoms with E-state index in [0.29, 0.717) is 18.0 Å². The van der Waals surface area contributed by atoms with E-state index < -0.39 is 0 Å². The summed E-state index contributed by atoms with van der Waals surface area (Å²) in [6, 6.07) is 8.15. The predicted molar refractivity (Wildman–Crippen MR) is 86.8 cm³/mol. The van der Waals surface area contributed by atoms with Crippen LogP contribution in [-0.4, -0.2) is 30.1 Å². The van der Waals surface area contributed by atoms with Crippen molar-refractivity contribution in [3.8, 4) is 0 Å². The highest BCUT2D eigenvalue weighted by molar-refractivity contribution is 5.16. The third-order valence-electron chi connectivity index (χ3n) is 4.29. The van der Waals surface area contributed by atoms with Gasteiger partial charge in [-0.2, -0.15) is 0 Å². The van der Waals surface area contributed by atoms with Crippen molar-refractivity contribution in [2.24, 2.45) is 5.92 Å². The zero-order valence-electron chi connectivity index (χ0n) is 13.6. The van der Waals surface area contributed by atoms with E-state index in [1.165, 1.54) is 24.8 Å². The standard InChI is InChI=1S/C18H29FN2/c1-4-5-17-13-21(18(11-20-17)10-14(2)3)12-15-6-8-16(19)9-7-15/h6-9,14,17-18,20H,4-5,10-13H2,1-3H3. The Morgan fingerprint density at radius 1 is 1.29 bits per heavy atom. The molecule has 2 nitrogen and oxygen atoms in total. The Balaban J connectivity index is 2.03. The lowest BCUT2D eigenvalue weighted by Crippen LogP contribution is -2.56. The molecule has 118 valence electrons. The molecule has 0 spiro atoms. The third kappa shape index (κ3) is 5.08. The number of hydrogen-bond donors (Lipinski definition) is 1. The maximum Gasteiger partial charge on any atom is 0.123 e. The highest BCUT2D eigenvalue weighted by Gasteiger charge is 2.27. The van der Waals surface area contributed by atoms with E-state index in [4.69, 9.17) is 0 Å². The van der Waals surface area contributed by atoms with Crippen molar-refractivity contribution in [3.63, 3.8) is 0 Å². The Labute approximate surface area is 128 Å². The third-order valence-corrected chi connectivity index (χ3v) is 4.29. The SMILES string of the molecule is CCCC1CN(Cc2ccc(F)cc2)C(CC(C)C)CN1. The minimum absolute atomic E-state index is 0.151. The Bertz CT molecular complexity index is 416. The lowest BCUT2D eigenvalue weighted by molar-refractivity contribution is 0.103. The average molecular weight is 292 g/mol. The van der Waals surface area contributed by atoms with Gasteiger partial charge in [0.15, 0.2) is 0 Å². The van der Waals surface area contributed by atoms with Crippen LogP contribution in [0.2, 0.25) is 0 Å². The normalized spacial score (nSPS) is 23.7. The molecule has 21 heavy (non-hydrogen) atoms. The molecule has 0 radical (unpaired) electrons. The number of benzene rings is 1. The molecule has 1 fully saturated rings. The van der Waals surface area contributed by atoms with Crippen LogP contribution in [0.15, 0.2) is 24.3 Å². The first kappa shape index (κ1) is 16.4. The Morgan fingerprint density at radius 3 is 2.62 bits per heavy atom. The first-order valence-electron chi connectivity index (χ1n) is 8.30. The average Bonchev–Trinajstić information content (AvgIpc) is 2.44. The number of nitrogens with one attached hydrogen (secondary N) is 1. The molecule has 1 N–H and O–H groups in total. The van der Waals surface area contributed by atoms with Gasteiger partial charge in [-0.3, -0.25) is 4.90 Å². The summed E-state index contributed by atoms with van der Waals surface area (Å²) in [5, 5.41) is 3.70. The summed E-state index contributed by atoms with van der Waals surface area (Å²) in [7, 11) is 0. The van der Waals surface area contributed by atoms with Crippen LogP contribution < -0.4 is 5.32 Å². The molecule has 2 atom stereocenters. The van der Waals surface area contributed by atoms with Gasteiger partial charge in [0.2, 0.25) is 0 Å². The molecule has 0 saturated carbocycles. The van der Waals surface area contributed by atoms with Gasteiger partial charge < -0.3 is 5.32 Å². The number of hydrogen-bond acceptors (Lipinski definition) is 2. The van der Waals surface area contributed by atoms with Crippen LogP contribution in [0.25, 0.3) is 0 Å². The van der Waals surface area contributed by atoms with Gasteiger partial charge in [-0.05, 0) is 36.5 Å². The van der Waals surface area contributed by atoms with Gasteiger partial charge >= 0.3 is 0 Å². The maximum absolute atomic E-state index is 13.1. The molecule has 1 aromatic carbocycles. The molecule has 1 saturated heterocycles. The molecule has 0 bridgehead atoms. The Hall–Kier alpha value is -0.930. The number of piperazine rings is 1. The molecule has 3 heteroatoms. The minimum Gasteiger partial charge on any atom is -0.311 e. The molecule has 1 aliphatic rings. The van der Waals surface area contributed by atoms with Crippen molar-refractivity contribution < 1.29 is 4.39 Å². The monoisotopic (exact) mass is 292 g/mol. The van der Waals surface area contributed by atoms with Gasteiger partial charge in [0.25, 0.3) is 0 Å². The van der Waals surface area contributed by atoms with Gasteiger partial charge in [-0.15, -0.1) is 0 Å². The summed E-state index contributed by atoms with van der Waals surface area (Å²) < 4.78 is 13.1. The Kier molecular flexibility index (Phi) is 6.19. The van der Waals surface area contributed by atoms with Crippen LogP contribution in [0, 0.1) is 11.7 Å². The molecule has 1 heterocycles. The summed E-state index contributed by atoms with van der Waals surface area (Å²) in [4.78, 5) is 2.59. The van der Waals surface area contributed by atoms with Gasteiger partial charge in [-0.25, -0.2) is 4.39 Å². The van der Waals surface area contributed by atoms with Gasteiger partial charge in [0.05, 0.1) is 0 Å². The molecule has 0 aliphatic carbocycles. The second-order valence-electron chi connectivity index (χ2n) is 6.73. The quantitative estimate of drug-likeness (QED) is 0.857. The molecule has 2 unspecified atom stereocenters. The molecule has 0 aromatic heterocycles. The largest absolute Gasteiger partial charge is 0.311 e. The number of rotatable bonds is 6. The first-order valence-corrected chi connectivity index (χ1v) is 8.30. The molecule has 0 amide bonds. The van der Waals surface area contributed by atoms with Crippen molar-refractivity contribution in [2.75, 3.05) is 13.1 Å². The summed E-state index contributed by atoms with van der Waals surface area (Å²) in [6.07, 6.45) is 3.66. The molecule has 1 aromatic rings. The summed E-state index contributed by atoms with van der Waals surface area (Å²) >= 11 is 0. The summed E-state index contributed by atoms with van der Waals surface area (Å²) in [6.45, 7) is 9.92. The fourth-order valence-electron chi connectivity index (χ4n) is 3.26. The Morgan fingerprint density at radius 2 is 2.00 bits per heavy atom. The second-order valence-corrected chi connectivity index (χ2v) is 6.73. The fraction of sp³-hybridized carbons (Fsp3) is 0.667. The van der Waals surface area contributed by atoms with Gasteiger partial charge in [0, 0.05) is 31.7 Å².